The lowest BCUT2D eigenvalue weighted by Gasteiger charge is -2.35. The van der Waals surface area contributed by atoms with Crippen molar-refractivity contribution in [2.45, 2.75) is 33.4 Å². The van der Waals surface area contributed by atoms with Crippen molar-refractivity contribution in [3.05, 3.63) is 17.5 Å². The van der Waals surface area contributed by atoms with Gasteiger partial charge in [0.2, 0.25) is 0 Å². The van der Waals surface area contributed by atoms with Crippen molar-refractivity contribution in [2.75, 3.05) is 13.1 Å². The molecule has 2 heterocycles. The van der Waals surface area contributed by atoms with Crippen LogP contribution in [0.4, 0.5) is 0 Å². The predicted molar refractivity (Wildman–Crippen MR) is 63.7 cm³/mol. The van der Waals surface area contributed by atoms with Crippen LogP contribution in [-0.4, -0.2) is 44.9 Å². The molecule has 1 aliphatic rings. The van der Waals surface area contributed by atoms with E-state index < -0.39 is 0 Å². The highest BCUT2D eigenvalue weighted by Crippen LogP contribution is 2.16. The number of amides is 1. The molecule has 1 fully saturated rings. The van der Waals surface area contributed by atoms with Gasteiger partial charge in [0, 0.05) is 25.3 Å². The number of carbonyl (C=O) groups is 1. The monoisotopic (exact) mass is 237 g/mol. The summed E-state index contributed by atoms with van der Waals surface area (Å²) in [4.78, 5) is 13.7. The van der Waals surface area contributed by atoms with Crippen molar-refractivity contribution in [1.82, 2.24) is 14.7 Å². The maximum Gasteiger partial charge on any atom is 0.257 e. The second-order valence-electron chi connectivity index (χ2n) is 5.08. The number of β-amino-alcohol motifs (C(OH)–C–C–N with tert-alkyl or cyclic N) is 1. The second kappa shape index (κ2) is 4.49. The van der Waals surface area contributed by atoms with E-state index in [0.29, 0.717) is 24.6 Å². The number of hydrogen-bond donors (Lipinski definition) is 1. The largest absolute Gasteiger partial charge is 0.389 e. The molecule has 1 saturated heterocycles. The number of hydrogen-bond acceptors (Lipinski definition) is 3. The topological polar surface area (TPSA) is 58.4 Å². The Morgan fingerprint density at radius 2 is 2.24 bits per heavy atom. The maximum absolute atomic E-state index is 12.1. The van der Waals surface area contributed by atoms with Crippen molar-refractivity contribution in [2.24, 2.45) is 5.92 Å². The molecule has 94 valence electrons. The van der Waals surface area contributed by atoms with Crippen molar-refractivity contribution in [3.8, 4) is 0 Å². The van der Waals surface area contributed by atoms with Crippen LogP contribution >= 0.6 is 0 Å². The third-order valence-electron chi connectivity index (χ3n) is 3.02. The minimum absolute atomic E-state index is 0.0252. The van der Waals surface area contributed by atoms with E-state index >= 15 is 0 Å². The lowest BCUT2D eigenvalue weighted by molar-refractivity contribution is 0.00583. The molecule has 0 radical (unpaired) electrons. The predicted octanol–water partition coefficient (Wildman–Crippen LogP) is 0.664. The van der Waals surface area contributed by atoms with Gasteiger partial charge >= 0.3 is 0 Å². The minimum Gasteiger partial charge on any atom is -0.389 e. The molecule has 0 atom stereocenters. The van der Waals surface area contributed by atoms with Crippen LogP contribution in [0.5, 0.6) is 0 Å². The molecule has 17 heavy (non-hydrogen) atoms. The molecule has 1 aromatic rings. The average Bonchev–Trinajstić information content (AvgIpc) is 2.54. The molecule has 0 bridgehead atoms. The number of aliphatic hydroxyl groups is 1. The molecular formula is C12H19N3O2. The summed E-state index contributed by atoms with van der Waals surface area (Å²) < 4.78 is 1.87. The summed E-state index contributed by atoms with van der Waals surface area (Å²) in [5.74, 6) is 0.477. The Balaban J connectivity index is 2.11. The number of nitrogens with zero attached hydrogens (tertiary/aromatic N) is 3. The Kier molecular flexibility index (Phi) is 3.19. The number of likely N-dealkylation sites (tertiary alicyclic amines) is 1. The molecule has 0 aromatic carbocycles. The lowest BCUT2D eigenvalue weighted by Crippen LogP contribution is -2.53. The molecule has 0 unspecified atom stereocenters. The molecule has 0 saturated carbocycles. The number of aliphatic hydroxyl groups excluding tert-OH is 1. The Hall–Kier alpha value is -1.36. The van der Waals surface area contributed by atoms with Gasteiger partial charge in [0.05, 0.1) is 17.9 Å². The van der Waals surface area contributed by atoms with E-state index in [4.69, 9.17) is 0 Å². The van der Waals surface area contributed by atoms with E-state index in [1.807, 2.05) is 11.6 Å². The highest BCUT2D eigenvalue weighted by Gasteiger charge is 2.31. The summed E-state index contributed by atoms with van der Waals surface area (Å²) in [7, 11) is 0. The third kappa shape index (κ3) is 2.34. The van der Waals surface area contributed by atoms with Crippen molar-refractivity contribution in [1.29, 1.82) is 0 Å². The summed E-state index contributed by atoms with van der Waals surface area (Å²) in [6.07, 6.45) is 1.27. The van der Waals surface area contributed by atoms with Crippen molar-refractivity contribution < 1.29 is 9.90 Å². The maximum atomic E-state index is 12.1. The molecule has 2 rings (SSSR count). The van der Waals surface area contributed by atoms with Crippen LogP contribution < -0.4 is 0 Å². The first-order chi connectivity index (χ1) is 7.99. The van der Waals surface area contributed by atoms with Gasteiger partial charge < -0.3 is 10.0 Å². The van der Waals surface area contributed by atoms with Crippen LogP contribution in [0.15, 0.2) is 6.20 Å². The smallest absolute Gasteiger partial charge is 0.257 e. The normalized spacial score (nSPS) is 16.4. The molecule has 5 nitrogen and oxygen atoms in total. The zero-order valence-corrected chi connectivity index (χ0v) is 10.6. The van der Waals surface area contributed by atoms with Gasteiger partial charge in [-0.1, -0.05) is 13.8 Å². The molecular weight excluding hydrogens is 218 g/mol. The Morgan fingerprint density at radius 1 is 1.59 bits per heavy atom. The standard InChI is InChI=1S/C12H19N3O2/c1-8(2)5-15-9(3)11(4-13-15)12(17)14-6-10(16)7-14/h4,8,10,16H,5-7H2,1-3H3. The second-order valence-corrected chi connectivity index (χ2v) is 5.08. The van der Waals surface area contributed by atoms with Gasteiger partial charge in [0.1, 0.15) is 0 Å². The van der Waals surface area contributed by atoms with Gasteiger partial charge in [0.25, 0.3) is 5.91 Å². The molecule has 1 aromatic heterocycles. The summed E-state index contributed by atoms with van der Waals surface area (Å²) in [5.41, 5.74) is 1.56. The molecule has 1 aliphatic heterocycles. The highest BCUT2D eigenvalue weighted by atomic mass is 16.3. The van der Waals surface area contributed by atoms with Crippen molar-refractivity contribution >= 4 is 5.91 Å². The number of aromatic nitrogens is 2. The fourth-order valence-corrected chi connectivity index (χ4v) is 1.98. The van der Waals surface area contributed by atoms with E-state index in [2.05, 4.69) is 18.9 Å². The number of rotatable bonds is 3. The van der Waals surface area contributed by atoms with Crippen LogP contribution in [0, 0.1) is 12.8 Å². The fraction of sp³-hybridized carbons (Fsp3) is 0.667. The van der Waals surface area contributed by atoms with Crippen LogP contribution in [0.3, 0.4) is 0 Å². The number of carbonyl (C=O) groups excluding carboxylic acids is 1. The van der Waals surface area contributed by atoms with E-state index in [-0.39, 0.29) is 12.0 Å². The van der Waals surface area contributed by atoms with Gasteiger partial charge in [-0.3, -0.25) is 9.48 Å². The summed E-state index contributed by atoms with van der Waals surface area (Å²) in [6, 6.07) is 0. The first-order valence-corrected chi connectivity index (χ1v) is 5.98. The van der Waals surface area contributed by atoms with Gasteiger partial charge in [-0.05, 0) is 12.8 Å². The zero-order valence-electron chi connectivity index (χ0n) is 10.6. The minimum atomic E-state index is -0.357. The molecule has 1 amide bonds. The summed E-state index contributed by atoms with van der Waals surface area (Å²) in [6.45, 7) is 7.85. The van der Waals surface area contributed by atoms with E-state index in [1.54, 1.807) is 11.1 Å². The first kappa shape index (κ1) is 12.1. The Morgan fingerprint density at radius 3 is 2.76 bits per heavy atom. The summed E-state index contributed by atoms with van der Waals surface area (Å²) in [5, 5.41) is 13.4. The van der Waals surface area contributed by atoms with Crippen LogP contribution in [0.25, 0.3) is 0 Å². The zero-order chi connectivity index (χ0) is 12.6. The van der Waals surface area contributed by atoms with Crippen LogP contribution in [0.1, 0.15) is 29.9 Å². The molecule has 5 heteroatoms. The quantitative estimate of drug-likeness (QED) is 0.840. The van der Waals surface area contributed by atoms with Crippen molar-refractivity contribution in [3.63, 3.8) is 0 Å². The molecule has 0 aliphatic carbocycles. The van der Waals surface area contributed by atoms with Gasteiger partial charge in [-0.15, -0.1) is 0 Å². The average molecular weight is 237 g/mol. The van der Waals surface area contributed by atoms with E-state index in [0.717, 1.165) is 12.2 Å². The first-order valence-electron chi connectivity index (χ1n) is 5.98. The fourth-order valence-electron chi connectivity index (χ4n) is 1.98. The van der Waals surface area contributed by atoms with Gasteiger partial charge in [0.15, 0.2) is 0 Å². The van der Waals surface area contributed by atoms with Crippen LogP contribution in [-0.2, 0) is 6.54 Å². The third-order valence-corrected chi connectivity index (χ3v) is 3.02. The van der Waals surface area contributed by atoms with Gasteiger partial charge in [-0.25, -0.2) is 0 Å². The highest BCUT2D eigenvalue weighted by molar-refractivity contribution is 5.95. The molecule has 0 spiro atoms. The Bertz CT molecular complexity index is 419. The van der Waals surface area contributed by atoms with E-state index in [9.17, 15) is 9.90 Å². The van der Waals surface area contributed by atoms with Gasteiger partial charge in [-0.2, -0.15) is 5.10 Å². The Labute approximate surface area is 101 Å². The lowest BCUT2D eigenvalue weighted by atomic mass is 10.1. The SMILES string of the molecule is Cc1c(C(=O)N2CC(O)C2)cnn1CC(C)C. The molecule has 1 N–H and O–H groups in total. The van der Waals surface area contributed by atoms with Crippen LogP contribution in [0.2, 0.25) is 0 Å². The summed E-state index contributed by atoms with van der Waals surface area (Å²) >= 11 is 0. The van der Waals surface area contributed by atoms with E-state index in [1.165, 1.54) is 0 Å².